The molecule has 20 heavy (non-hydrogen) atoms. The summed E-state index contributed by atoms with van der Waals surface area (Å²) in [5, 5.41) is 2.91. The predicted molar refractivity (Wildman–Crippen MR) is 73.4 cm³/mol. The number of halogens is 1. The molecule has 0 radical (unpaired) electrons. The average Bonchev–Trinajstić information content (AvgIpc) is 2.42. The number of primary amides is 1. The van der Waals surface area contributed by atoms with E-state index >= 15 is 0 Å². The van der Waals surface area contributed by atoms with Crippen LogP contribution in [0.15, 0.2) is 30.5 Å². The number of nitrogen functional groups attached to an aromatic ring is 1. The van der Waals surface area contributed by atoms with Gasteiger partial charge in [0.05, 0.1) is 24.6 Å². The van der Waals surface area contributed by atoms with Crippen LogP contribution in [0.4, 0.5) is 21.6 Å². The number of ether oxygens (including phenoxy) is 1. The van der Waals surface area contributed by atoms with Gasteiger partial charge in [-0.1, -0.05) is 0 Å². The van der Waals surface area contributed by atoms with Crippen molar-refractivity contribution in [3.63, 3.8) is 0 Å². The van der Waals surface area contributed by atoms with E-state index in [0.29, 0.717) is 11.5 Å². The highest BCUT2D eigenvalue weighted by molar-refractivity contribution is 5.98. The van der Waals surface area contributed by atoms with Crippen molar-refractivity contribution in [3.8, 4) is 5.75 Å². The monoisotopic (exact) mass is 276 g/mol. The Balaban J connectivity index is 2.30. The lowest BCUT2D eigenvalue weighted by Gasteiger charge is -2.09. The van der Waals surface area contributed by atoms with Gasteiger partial charge in [0.1, 0.15) is 5.82 Å². The van der Waals surface area contributed by atoms with Gasteiger partial charge in [-0.2, -0.15) is 0 Å². The number of amides is 1. The van der Waals surface area contributed by atoms with Gasteiger partial charge in [-0.25, -0.2) is 9.37 Å². The maximum absolute atomic E-state index is 13.3. The van der Waals surface area contributed by atoms with Crippen molar-refractivity contribution in [2.24, 2.45) is 5.73 Å². The van der Waals surface area contributed by atoms with Crippen LogP contribution in [0.2, 0.25) is 0 Å². The van der Waals surface area contributed by atoms with E-state index in [1.165, 1.54) is 37.6 Å². The molecule has 1 heterocycles. The van der Waals surface area contributed by atoms with Crippen molar-refractivity contribution >= 4 is 23.1 Å². The Bertz CT molecular complexity index is 661. The first-order valence-electron chi connectivity index (χ1n) is 5.67. The second-order valence-corrected chi connectivity index (χ2v) is 4.00. The fraction of sp³-hybridized carbons (Fsp3) is 0.0769. The molecule has 0 spiro atoms. The Labute approximate surface area is 114 Å². The number of nitrogens with two attached hydrogens (primary N) is 2. The minimum Gasteiger partial charge on any atom is -0.494 e. The van der Waals surface area contributed by atoms with Crippen LogP contribution in [0.25, 0.3) is 0 Å². The third kappa shape index (κ3) is 2.77. The molecule has 0 aliphatic rings. The predicted octanol–water partition coefficient (Wildman–Crippen LogP) is 1.65. The number of hydrogen-bond acceptors (Lipinski definition) is 5. The van der Waals surface area contributed by atoms with Gasteiger partial charge >= 0.3 is 0 Å². The van der Waals surface area contributed by atoms with Crippen molar-refractivity contribution in [1.82, 2.24) is 4.98 Å². The molecule has 104 valence electrons. The lowest BCUT2D eigenvalue weighted by molar-refractivity contribution is 0.100. The summed E-state index contributed by atoms with van der Waals surface area (Å²) in [4.78, 5) is 15.2. The van der Waals surface area contributed by atoms with Crippen LogP contribution in [0.3, 0.4) is 0 Å². The van der Waals surface area contributed by atoms with Gasteiger partial charge in [-0.05, 0) is 18.2 Å². The summed E-state index contributed by atoms with van der Waals surface area (Å²) in [5.41, 5.74) is 11.7. The Morgan fingerprint density at radius 1 is 1.40 bits per heavy atom. The topological polar surface area (TPSA) is 103 Å². The number of hydrogen-bond donors (Lipinski definition) is 3. The van der Waals surface area contributed by atoms with Crippen LogP contribution in [-0.2, 0) is 0 Å². The molecule has 0 saturated carbocycles. The quantitative estimate of drug-likeness (QED) is 0.787. The number of rotatable bonds is 4. The molecule has 2 aromatic rings. The van der Waals surface area contributed by atoms with Crippen molar-refractivity contribution < 1.29 is 13.9 Å². The molecular weight excluding hydrogens is 263 g/mol. The van der Waals surface area contributed by atoms with Crippen molar-refractivity contribution in [1.29, 1.82) is 0 Å². The third-order valence-electron chi connectivity index (χ3n) is 2.62. The minimum absolute atomic E-state index is 0.0977. The van der Waals surface area contributed by atoms with Crippen LogP contribution in [-0.4, -0.2) is 18.0 Å². The number of pyridine rings is 1. The van der Waals surface area contributed by atoms with Gasteiger partial charge in [0, 0.05) is 11.8 Å². The standard InChI is InChI=1S/C13H13FN4O2/c1-20-11-4-7(2-3-9(11)14)18-12-5-8(13(16)19)10(15)6-17-12/h2-6H,15H2,1H3,(H2,16,19)(H,17,18). The Kier molecular flexibility index (Phi) is 3.69. The fourth-order valence-corrected chi connectivity index (χ4v) is 1.63. The van der Waals surface area contributed by atoms with Gasteiger partial charge in [-0.3, -0.25) is 4.79 Å². The highest BCUT2D eigenvalue weighted by Crippen LogP contribution is 2.24. The van der Waals surface area contributed by atoms with E-state index in [-0.39, 0.29) is 17.0 Å². The zero-order chi connectivity index (χ0) is 14.7. The number of benzene rings is 1. The number of nitrogens with one attached hydrogen (secondary N) is 1. The molecule has 0 bridgehead atoms. The van der Waals surface area contributed by atoms with Crippen molar-refractivity contribution in [3.05, 3.63) is 41.8 Å². The summed E-state index contributed by atoms with van der Waals surface area (Å²) in [5.74, 6) is -0.659. The maximum Gasteiger partial charge on any atom is 0.250 e. The van der Waals surface area contributed by atoms with E-state index in [2.05, 4.69) is 10.3 Å². The molecule has 0 aliphatic carbocycles. The van der Waals surface area contributed by atoms with E-state index in [4.69, 9.17) is 16.2 Å². The first-order valence-corrected chi connectivity index (χ1v) is 5.67. The molecule has 0 saturated heterocycles. The van der Waals surface area contributed by atoms with E-state index < -0.39 is 11.7 Å². The van der Waals surface area contributed by atoms with E-state index in [0.717, 1.165) is 0 Å². The van der Waals surface area contributed by atoms with Crippen LogP contribution in [0, 0.1) is 5.82 Å². The summed E-state index contributed by atoms with van der Waals surface area (Å²) in [6.07, 6.45) is 1.32. The average molecular weight is 276 g/mol. The van der Waals surface area contributed by atoms with Gasteiger partial charge in [0.25, 0.3) is 5.91 Å². The first kappa shape index (κ1) is 13.6. The highest BCUT2D eigenvalue weighted by Gasteiger charge is 2.09. The summed E-state index contributed by atoms with van der Waals surface area (Å²) in [6, 6.07) is 5.66. The molecule has 1 aromatic carbocycles. The first-order chi connectivity index (χ1) is 9.51. The van der Waals surface area contributed by atoms with E-state index in [1.807, 2.05) is 0 Å². The second kappa shape index (κ2) is 5.43. The van der Waals surface area contributed by atoms with Crippen LogP contribution < -0.4 is 21.5 Å². The molecule has 7 heteroatoms. The number of aromatic nitrogens is 1. The summed E-state index contributed by atoms with van der Waals surface area (Å²) in [7, 11) is 1.37. The number of carbonyl (C=O) groups is 1. The van der Waals surface area contributed by atoms with Gasteiger partial charge in [-0.15, -0.1) is 0 Å². The number of nitrogens with zero attached hydrogens (tertiary/aromatic N) is 1. The van der Waals surface area contributed by atoms with Crippen molar-refractivity contribution in [2.45, 2.75) is 0 Å². The Morgan fingerprint density at radius 3 is 2.80 bits per heavy atom. The third-order valence-corrected chi connectivity index (χ3v) is 2.62. The van der Waals surface area contributed by atoms with Crippen molar-refractivity contribution in [2.75, 3.05) is 18.2 Å². The largest absolute Gasteiger partial charge is 0.494 e. The SMILES string of the molecule is COc1cc(Nc2cc(C(N)=O)c(N)cn2)ccc1F. The molecule has 0 fully saturated rings. The van der Waals surface area contributed by atoms with Gasteiger partial charge in [0.2, 0.25) is 0 Å². The lowest BCUT2D eigenvalue weighted by atomic mass is 10.2. The molecule has 0 unspecified atom stereocenters. The molecule has 2 rings (SSSR count). The van der Waals surface area contributed by atoms with Crippen LogP contribution in [0.1, 0.15) is 10.4 Å². The van der Waals surface area contributed by atoms with E-state index in [1.54, 1.807) is 0 Å². The number of anilines is 3. The number of carbonyl (C=O) groups excluding carboxylic acids is 1. The molecule has 1 amide bonds. The highest BCUT2D eigenvalue weighted by atomic mass is 19.1. The lowest BCUT2D eigenvalue weighted by Crippen LogP contribution is -2.14. The minimum atomic E-state index is -0.648. The fourth-order valence-electron chi connectivity index (χ4n) is 1.63. The van der Waals surface area contributed by atoms with E-state index in [9.17, 15) is 9.18 Å². The van der Waals surface area contributed by atoms with Gasteiger partial charge < -0.3 is 21.5 Å². The molecule has 0 aliphatic heterocycles. The normalized spacial score (nSPS) is 10.1. The molecular formula is C13H13FN4O2. The molecule has 0 atom stereocenters. The summed E-state index contributed by atoms with van der Waals surface area (Å²) >= 11 is 0. The smallest absolute Gasteiger partial charge is 0.250 e. The molecule has 6 nitrogen and oxygen atoms in total. The maximum atomic E-state index is 13.3. The summed E-state index contributed by atoms with van der Waals surface area (Å²) in [6.45, 7) is 0. The Hall–Kier alpha value is -2.83. The van der Waals surface area contributed by atoms with Crippen LogP contribution >= 0.6 is 0 Å². The van der Waals surface area contributed by atoms with Crippen LogP contribution in [0.5, 0.6) is 5.75 Å². The zero-order valence-electron chi connectivity index (χ0n) is 10.7. The summed E-state index contributed by atoms with van der Waals surface area (Å²) < 4.78 is 18.2. The molecule has 5 N–H and O–H groups in total. The Morgan fingerprint density at radius 2 is 2.15 bits per heavy atom. The van der Waals surface area contributed by atoms with Gasteiger partial charge in [0.15, 0.2) is 11.6 Å². The molecule has 1 aromatic heterocycles. The zero-order valence-corrected chi connectivity index (χ0v) is 10.7. The second-order valence-electron chi connectivity index (χ2n) is 4.00. The number of methoxy groups -OCH3 is 1.